The lowest BCUT2D eigenvalue weighted by Gasteiger charge is -2.17. The Morgan fingerprint density at radius 3 is 2.88 bits per heavy atom. The summed E-state index contributed by atoms with van der Waals surface area (Å²) in [5.41, 5.74) is 0. The zero-order valence-corrected chi connectivity index (χ0v) is 10.4. The standard InChI is InChI=1S/C12H21N3O2/c1-9(8-16)13-7-11-14-12(15-17-11)10-5-3-2-4-6-10/h9-10,13,16H,2-8H2,1H3/t9-/m0/s1. The van der Waals surface area contributed by atoms with Gasteiger partial charge in [0.05, 0.1) is 13.2 Å². The predicted molar refractivity (Wildman–Crippen MR) is 63.5 cm³/mol. The van der Waals surface area contributed by atoms with Crippen LogP contribution in [0.1, 0.15) is 56.7 Å². The monoisotopic (exact) mass is 239 g/mol. The van der Waals surface area contributed by atoms with Crippen LogP contribution >= 0.6 is 0 Å². The smallest absolute Gasteiger partial charge is 0.240 e. The summed E-state index contributed by atoms with van der Waals surface area (Å²) in [6.45, 7) is 2.56. The molecule has 5 nitrogen and oxygen atoms in total. The molecule has 1 atom stereocenters. The van der Waals surface area contributed by atoms with Gasteiger partial charge in [-0.05, 0) is 19.8 Å². The van der Waals surface area contributed by atoms with Gasteiger partial charge in [-0.2, -0.15) is 4.98 Å². The van der Waals surface area contributed by atoms with E-state index < -0.39 is 0 Å². The Bertz CT molecular complexity index is 334. The summed E-state index contributed by atoms with van der Waals surface area (Å²) in [7, 11) is 0. The molecule has 1 aliphatic rings. The van der Waals surface area contributed by atoms with E-state index in [1.165, 1.54) is 32.1 Å². The highest BCUT2D eigenvalue weighted by molar-refractivity contribution is 4.96. The summed E-state index contributed by atoms with van der Waals surface area (Å²) in [5, 5.41) is 16.1. The summed E-state index contributed by atoms with van der Waals surface area (Å²) in [6.07, 6.45) is 6.23. The van der Waals surface area contributed by atoms with Crippen LogP contribution in [0.4, 0.5) is 0 Å². The van der Waals surface area contributed by atoms with E-state index in [1.54, 1.807) is 0 Å². The molecule has 0 radical (unpaired) electrons. The number of aromatic nitrogens is 2. The molecule has 1 aliphatic carbocycles. The van der Waals surface area contributed by atoms with Gasteiger partial charge >= 0.3 is 0 Å². The zero-order valence-electron chi connectivity index (χ0n) is 10.4. The molecular formula is C12H21N3O2. The molecule has 0 saturated heterocycles. The molecule has 1 heterocycles. The van der Waals surface area contributed by atoms with Crippen molar-refractivity contribution in [2.45, 2.75) is 57.5 Å². The third kappa shape index (κ3) is 3.51. The fourth-order valence-electron chi connectivity index (χ4n) is 2.19. The minimum Gasteiger partial charge on any atom is -0.395 e. The summed E-state index contributed by atoms with van der Waals surface area (Å²) in [6, 6.07) is 0.0556. The number of hydrogen-bond acceptors (Lipinski definition) is 5. The normalized spacial score (nSPS) is 19.4. The van der Waals surface area contributed by atoms with Gasteiger partial charge in [-0.25, -0.2) is 0 Å². The third-order valence-electron chi connectivity index (χ3n) is 3.33. The lowest BCUT2D eigenvalue weighted by atomic mass is 9.89. The van der Waals surface area contributed by atoms with Gasteiger partial charge in [0.15, 0.2) is 5.82 Å². The number of aliphatic hydroxyl groups excluding tert-OH is 1. The number of nitrogens with zero attached hydrogens (tertiary/aromatic N) is 2. The summed E-state index contributed by atoms with van der Waals surface area (Å²) in [5.74, 6) is 1.96. The van der Waals surface area contributed by atoms with Crippen LogP contribution < -0.4 is 5.32 Å². The summed E-state index contributed by atoms with van der Waals surface area (Å²) >= 11 is 0. The molecule has 2 N–H and O–H groups in total. The molecule has 1 aromatic heterocycles. The maximum atomic E-state index is 8.89. The van der Waals surface area contributed by atoms with E-state index in [-0.39, 0.29) is 12.6 Å². The quantitative estimate of drug-likeness (QED) is 0.816. The van der Waals surface area contributed by atoms with Crippen molar-refractivity contribution in [3.8, 4) is 0 Å². The van der Waals surface area contributed by atoms with Crippen LogP contribution in [0.25, 0.3) is 0 Å². The maximum absolute atomic E-state index is 8.89. The number of nitrogens with one attached hydrogen (secondary N) is 1. The van der Waals surface area contributed by atoms with Crippen molar-refractivity contribution in [3.05, 3.63) is 11.7 Å². The molecule has 96 valence electrons. The minimum absolute atomic E-state index is 0.0556. The first-order valence-corrected chi connectivity index (χ1v) is 6.46. The Kier molecular flexibility index (Phi) is 4.50. The van der Waals surface area contributed by atoms with Crippen molar-refractivity contribution in [2.75, 3.05) is 6.61 Å². The maximum Gasteiger partial charge on any atom is 0.240 e. The highest BCUT2D eigenvalue weighted by Gasteiger charge is 2.20. The number of hydrogen-bond donors (Lipinski definition) is 2. The first-order valence-electron chi connectivity index (χ1n) is 6.46. The molecule has 5 heteroatoms. The Balaban J connectivity index is 1.86. The molecule has 1 fully saturated rings. The molecule has 17 heavy (non-hydrogen) atoms. The van der Waals surface area contributed by atoms with Crippen LogP contribution in [-0.4, -0.2) is 27.9 Å². The molecule has 2 rings (SSSR count). The minimum atomic E-state index is 0.0556. The van der Waals surface area contributed by atoms with Gasteiger partial charge in [-0.15, -0.1) is 0 Å². The average molecular weight is 239 g/mol. The van der Waals surface area contributed by atoms with Crippen LogP contribution in [0.3, 0.4) is 0 Å². The highest BCUT2D eigenvalue weighted by Crippen LogP contribution is 2.30. The van der Waals surface area contributed by atoms with Crippen molar-refractivity contribution < 1.29 is 9.63 Å². The van der Waals surface area contributed by atoms with Crippen LogP contribution in [-0.2, 0) is 6.54 Å². The van der Waals surface area contributed by atoms with E-state index in [1.807, 2.05) is 6.92 Å². The van der Waals surface area contributed by atoms with Crippen LogP contribution in [0.2, 0.25) is 0 Å². The van der Waals surface area contributed by atoms with Gasteiger partial charge in [-0.3, -0.25) is 0 Å². The van der Waals surface area contributed by atoms with Gasteiger partial charge in [0, 0.05) is 12.0 Å². The van der Waals surface area contributed by atoms with E-state index in [0.717, 1.165) is 5.82 Å². The topological polar surface area (TPSA) is 71.2 Å². The summed E-state index contributed by atoms with van der Waals surface area (Å²) < 4.78 is 5.21. The van der Waals surface area contributed by atoms with Crippen molar-refractivity contribution in [3.63, 3.8) is 0 Å². The Hall–Kier alpha value is -0.940. The van der Waals surface area contributed by atoms with E-state index in [2.05, 4.69) is 15.5 Å². The third-order valence-corrected chi connectivity index (χ3v) is 3.33. The molecule has 0 aromatic carbocycles. The van der Waals surface area contributed by atoms with Gasteiger partial charge < -0.3 is 14.9 Å². The van der Waals surface area contributed by atoms with Crippen LogP contribution in [0.5, 0.6) is 0 Å². The fraction of sp³-hybridized carbons (Fsp3) is 0.833. The van der Waals surface area contributed by atoms with Crippen molar-refractivity contribution in [2.24, 2.45) is 0 Å². The number of rotatable bonds is 5. The Morgan fingerprint density at radius 1 is 1.41 bits per heavy atom. The Morgan fingerprint density at radius 2 is 2.18 bits per heavy atom. The second kappa shape index (κ2) is 6.12. The predicted octanol–water partition coefficient (Wildman–Crippen LogP) is 1.59. The average Bonchev–Trinajstić information content (AvgIpc) is 2.86. The van der Waals surface area contributed by atoms with Crippen LogP contribution in [0, 0.1) is 0 Å². The Labute approximate surface area is 102 Å². The lowest BCUT2D eigenvalue weighted by Crippen LogP contribution is -2.28. The molecule has 0 amide bonds. The van der Waals surface area contributed by atoms with Gasteiger partial charge in [-0.1, -0.05) is 24.4 Å². The highest BCUT2D eigenvalue weighted by atomic mass is 16.5. The van der Waals surface area contributed by atoms with Crippen molar-refractivity contribution in [1.82, 2.24) is 15.5 Å². The molecule has 0 spiro atoms. The van der Waals surface area contributed by atoms with Gasteiger partial charge in [0.1, 0.15) is 0 Å². The summed E-state index contributed by atoms with van der Waals surface area (Å²) in [4.78, 5) is 4.42. The molecule has 1 saturated carbocycles. The van der Waals surface area contributed by atoms with E-state index in [4.69, 9.17) is 9.63 Å². The molecule has 1 aromatic rings. The first-order chi connectivity index (χ1) is 8.29. The second-order valence-corrected chi connectivity index (χ2v) is 4.85. The van der Waals surface area contributed by atoms with Gasteiger partial charge in [0.25, 0.3) is 0 Å². The zero-order chi connectivity index (χ0) is 12.1. The second-order valence-electron chi connectivity index (χ2n) is 4.85. The van der Waals surface area contributed by atoms with E-state index >= 15 is 0 Å². The SMILES string of the molecule is C[C@@H](CO)NCc1nc(C2CCCCC2)no1. The fourth-order valence-corrected chi connectivity index (χ4v) is 2.19. The van der Waals surface area contributed by atoms with Crippen molar-refractivity contribution in [1.29, 1.82) is 0 Å². The molecule has 0 aliphatic heterocycles. The lowest BCUT2D eigenvalue weighted by molar-refractivity contribution is 0.245. The van der Waals surface area contributed by atoms with Gasteiger partial charge in [0.2, 0.25) is 5.89 Å². The largest absolute Gasteiger partial charge is 0.395 e. The molecule has 0 bridgehead atoms. The molecule has 0 unspecified atom stereocenters. The first kappa shape index (κ1) is 12.5. The van der Waals surface area contributed by atoms with E-state index in [0.29, 0.717) is 18.4 Å². The molecular weight excluding hydrogens is 218 g/mol. The van der Waals surface area contributed by atoms with E-state index in [9.17, 15) is 0 Å². The van der Waals surface area contributed by atoms with Crippen molar-refractivity contribution >= 4 is 0 Å². The van der Waals surface area contributed by atoms with Crippen LogP contribution in [0.15, 0.2) is 4.52 Å². The number of aliphatic hydroxyl groups is 1.